The Morgan fingerprint density at radius 1 is 1.17 bits per heavy atom. The van der Waals surface area contributed by atoms with Gasteiger partial charge in [0.05, 0.1) is 30.5 Å². The molecular formula is C27H43F2N3O4. The number of hydrogen-bond acceptors (Lipinski definition) is 6. The standard InChI is InChI=1S/C27H43F2N3O4/c1-19(2)4-5-23-26(3,36-23)22-14-21(6-8-27(22)18-34-27)35-25(33)32-15-20(16-32)7-9-30-10-12-31(13-11-30)17-24(28)29/h4,20-24H,5-18H2,1-3H3/t21?,22?,23-,26-,27?/m1/s1. The molecule has 5 rings (SSSR count). The third-order valence-corrected chi connectivity index (χ3v) is 9.15. The number of hydrogen-bond donors (Lipinski definition) is 0. The van der Waals surface area contributed by atoms with E-state index in [1.165, 1.54) is 5.57 Å². The van der Waals surface area contributed by atoms with Crippen LogP contribution >= 0.6 is 0 Å². The van der Waals surface area contributed by atoms with Gasteiger partial charge in [0.25, 0.3) is 6.43 Å². The van der Waals surface area contributed by atoms with Crippen molar-refractivity contribution in [1.82, 2.24) is 14.7 Å². The van der Waals surface area contributed by atoms with Gasteiger partial charge in [0.1, 0.15) is 6.10 Å². The molecule has 3 unspecified atom stereocenters. The molecular weight excluding hydrogens is 468 g/mol. The van der Waals surface area contributed by atoms with Gasteiger partial charge in [-0.15, -0.1) is 0 Å². The Bertz CT molecular complexity index is 820. The first kappa shape index (κ1) is 26.3. The summed E-state index contributed by atoms with van der Waals surface area (Å²) >= 11 is 0. The fourth-order valence-corrected chi connectivity index (χ4v) is 6.55. The van der Waals surface area contributed by atoms with Crippen molar-refractivity contribution in [3.05, 3.63) is 11.6 Å². The van der Waals surface area contributed by atoms with E-state index in [0.29, 0.717) is 19.0 Å². The fraction of sp³-hybridized carbons (Fsp3) is 0.889. The number of ether oxygens (including phenoxy) is 3. The molecule has 4 heterocycles. The van der Waals surface area contributed by atoms with Gasteiger partial charge in [0.15, 0.2) is 0 Å². The summed E-state index contributed by atoms with van der Waals surface area (Å²) in [5.74, 6) is 0.755. The highest BCUT2D eigenvalue weighted by atomic mass is 19.3. The monoisotopic (exact) mass is 511 g/mol. The maximum atomic E-state index is 12.8. The number of epoxide rings is 2. The van der Waals surface area contributed by atoms with E-state index in [-0.39, 0.29) is 42.0 Å². The maximum absolute atomic E-state index is 12.8. The zero-order chi connectivity index (χ0) is 25.5. The van der Waals surface area contributed by atoms with E-state index in [1.54, 1.807) is 0 Å². The van der Waals surface area contributed by atoms with E-state index in [1.807, 2.05) is 9.80 Å². The normalized spacial score (nSPS) is 37.2. The van der Waals surface area contributed by atoms with Crippen LogP contribution in [0.1, 0.15) is 52.9 Å². The molecule has 1 spiro atoms. The van der Waals surface area contributed by atoms with Gasteiger partial charge in [0, 0.05) is 45.2 Å². The lowest BCUT2D eigenvalue weighted by molar-refractivity contribution is -0.0236. The van der Waals surface area contributed by atoms with Crippen molar-refractivity contribution in [3.8, 4) is 0 Å². The number of halogens is 2. The Balaban J connectivity index is 1.02. The molecule has 0 bridgehead atoms. The van der Waals surface area contributed by atoms with E-state index in [2.05, 4.69) is 31.7 Å². The zero-order valence-corrected chi connectivity index (χ0v) is 22.1. The van der Waals surface area contributed by atoms with Crippen molar-refractivity contribution < 1.29 is 27.8 Å². The Hall–Kier alpha value is -1.29. The fourth-order valence-electron chi connectivity index (χ4n) is 6.55. The van der Waals surface area contributed by atoms with E-state index in [0.717, 1.165) is 71.4 Å². The van der Waals surface area contributed by atoms with Crippen LogP contribution in [0.5, 0.6) is 0 Å². The molecule has 0 N–H and O–H groups in total. The zero-order valence-electron chi connectivity index (χ0n) is 22.1. The molecule has 36 heavy (non-hydrogen) atoms. The average molecular weight is 512 g/mol. The molecule has 5 fully saturated rings. The molecule has 5 atom stereocenters. The summed E-state index contributed by atoms with van der Waals surface area (Å²) in [6, 6.07) is 0. The van der Waals surface area contributed by atoms with Gasteiger partial charge < -0.3 is 24.0 Å². The summed E-state index contributed by atoms with van der Waals surface area (Å²) in [6.45, 7) is 12.7. The van der Waals surface area contributed by atoms with E-state index >= 15 is 0 Å². The Morgan fingerprint density at radius 3 is 2.50 bits per heavy atom. The van der Waals surface area contributed by atoms with E-state index in [9.17, 15) is 13.6 Å². The minimum atomic E-state index is -2.26. The summed E-state index contributed by atoms with van der Waals surface area (Å²) in [4.78, 5) is 18.8. The smallest absolute Gasteiger partial charge is 0.410 e. The minimum Gasteiger partial charge on any atom is -0.446 e. The molecule has 1 amide bonds. The van der Waals surface area contributed by atoms with Crippen LogP contribution in [-0.2, 0) is 14.2 Å². The topological polar surface area (TPSA) is 61.1 Å². The molecule has 1 saturated carbocycles. The number of nitrogens with zero attached hydrogens (tertiary/aromatic N) is 3. The summed E-state index contributed by atoms with van der Waals surface area (Å²) in [7, 11) is 0. The Labute approximate surface area is 214 Å². The van der Waals surface area contributed by atoms with E-state index < -0.39 is 6.43 Å². The van der Waals surface area contributed by atoms with Crippen LogP contribution in [-0.4, -0.2) is 110 Å². The Kier molecular flexibility index (Phi) is 7.65. The average Bonchev–Trinajstić information content (AvgIpc) is 3.71. The second-order valence-corrected chi connectivity index (χ2v) is 12.1. The van der Waals surface area contributed by atoms with Gasteiger partial charge in [0.2, 0.25) is 0 Å². The largest absolute Gasteiger partial charge is 0.446 e. The Morgan fingerprint density at radius 2 is 1.86 bits per heavy atom. The molecule has 0 aromatic carbocycles. The van der Waals surface area contributed by atoms with Crippen molar-refractivity contribution in [2.45, 2.75) is 82.7 Å². The first-order valence-electron chi connectivity index (χ1n) is 13.8. The lowest BCUT2D eigenvalue weighted by atomic mass is 9.70. The second-order valence-electron chi connectivity index (χ2n) is 12.1. The molecule has 1 aliphatic carbocycles. The van der Waals surface area contributed by atoms with Crippen LogP contribution in [0.15, 0.2) is 11.6 Å². The number of likely N-dealkylation sites (tertiary alicyclic amines) is 1. The number of alkyl halides is 2. The van der Waals surface area contributed by atoms with Crippen molar-refractivity contribution in [3.63, 3.8) is 0 Å². The number of piperazine rings is 1. The number of carbonyl (C=O) groups excluding carboxylic acids is 1. The first-order valence-corrected chi connectivity index (χ1v) is 13.8. The molecule has 9 heteroatoms. The molecule has 0 radical (unpaired) electrons. The first-order chi connectivity index (χ1) is 17.2. The summed E-state index contributed by atoms with van der Waals surface area (Å²) < 4.78 is 43.2. The molecule has 204 valence electrons. The number of amides is 1. The van der Waals surface area contributed by atoms with Crippen molar-refractivity contribution in [2.24, 2.45) is 11.8 Å². The third-order valence-electron chi connectivity index (χ3n) is 9.15. The molecule has 7 nitrogen and oxygen atoms in total. The third kappa shape index (κ3) is 5.89. The van der Waals surface area contributed by atoms with Crippen LogP contribution < -0.4 is 0 Å². The second kappa shape index (κ2) is 10.5. The van der Waals surface area contributed by atoms with Gasteiger partial charge in [-0.2, -0.15) is 0 Å². The number of rotatable bonds is 9. The summed E-state index contributed by atoms with van der Waals surface area (Å²) in [5.41, 5.74) is 1.03. The van der Waals surface area contributed by atoms with Crippen molar-refractivity contribution in [1.29, 1.82) is 0 Å². The van der Waals surface area contributed by atoms with E-state index in [4.69, 9.17) is 14.2 Å². The lowest BCUT2D eigenvalue weighted by Gasteiger charge is -2.42. The number of allylic oxidation sites excluding steroid dienone is 1. The molecule has 4 saturated heterocycles. The van der Waals surface area contributed by atoms with Crippen molar-refractivity contribution >= 4 is 6.09 Å². The molecule has 5 aliphatic rings. The molecule has 0 aromatic rings. The van der Waals surface area contributed by atoms with Crippen LogP contribution in [0.2, 0.25) is 0 Å². The predicted octanol–water partition coefficient (Wildman–Crippen LogP) is 3.78. The van der Waals surface area contributed by atoms with Gasteiger partial charge in [-0.1, -0.05) is 11.6 Å². The SMILES string of the molecule is CC(C)=CC[C@H]1O[C@]1(C)C1CC(OC(=O)N2CC(CCN3CCN(CC(F)F)CC3)C2)CCC12CO2. The van der Waals surface area contributed by atoms with Crippen LogP contribution in [0.3, 0.4) is 0 Å². The highest BCUT2D eigenvalue weighted by Gasteiger charge is 2.68. The highest BCUT2D eigenvalue weighted by molar-refractivity contribution is 5.68. The summed E-state index contributed by atoms with van der Waals surface area (Å²) in [5, 5.41) is 0. The van der Waals surface area contributed by atoms with Gasteiger partial charge in [-0.25, -0.2) is 13.6 Å². The van der Waals surface area contributed by atoms with Gasteiger partial charge >= 0.3 is 6.09 Å². The van der Waals surface area contributed by atoms with Gasteiger partial charge in [-0.05, 0) is 65.3 Å². The van der Waals surface area contributed by atoms with Crippen LogP contribution in [0.4, 0.5) is 13.6 Å². The quantitative estimate of drug-likeness (QED) is 0.347. The van der Waals surface area contributed by atoms with Gasteiger partial charge in [-0.3, -0.25) is 4.90 Å². The minimum absolute atomic E-state index is 0.0777. The van der Waals surface area contributed by atoms with Crippen molar-refractivity contribution in [2.75, 3.05) is 59.0 Å². The molecule has 0 aromatic heterocycles. The lowest BCUT2D eigenvalue weighted by Crippen LogP contribution is -2.53. The molecule has 4 aliphatic heterocycles. The highest BCUT2D eigenvalue weighted by Crippen LogP contribution is 2.59. The summed E-state index contributed by atoms with van der Waals surface area (Å²) in [6.07, 6.45) is 4.49. The van der Waals surface area contributed by atoms with Crippen LogP contribution in [0.25, 0.3) is 0 Å². The predicted molar refractivity (Wildman–Crippen MR) is 132 cm³/mol. The number of carbonyl (C=O) groups is 1. The van der Waals surface area contributed by atoms with Crippen LogP contribution in [0, 0.1) is 11.8 Å². The maximum Gasteiger partial charge on any atom is 0.410 e.